The minimum absolute atomic E-state index is 0.0111. The summed E-state index contributed by atoms with van der Waals surface area (Å²) < 4.78 is 56.5. The van der Waals surface area contributed by atoms with Crippen LogP contribution in [-0.4, -0.2) is 195 Å². The number of carbonyl (C=O) groups excluding carboxylic acids is 8. The van der Waals surface area contributed by atoms with Gasteiger partial charge in [0, 0.05) is 37.5 Å². The van der Waals surface area contributed by atoms with E-state index in [0.717, 1.165) is 46.7 Å². The van der Waals surface area contributed by atoms with Gasteiger partial charge in [0.05, 0.1) is 91.6 Å². The predicted octanol–water partition coefficient (Wildman–Crippen LogP) is 4.79. The average Bonchev–Trinajstić information content (AvgIpc) is 0.774. The summed E-state index contributed by atoms with van der Waals surface area (Å²) in [6.45, 7) is -0.977. The van der Waals surface area contributed by atoms with Gasteiger partial charge >= 0.3 is 48.3 Å². The van der Waals surface area contributed by atoms with Gasteiger partial charge in [-0.2, -0.15) is 0 Å². The van der Waals surface area contributed by atoms with Gasteiger partial charge in [-0.3, -0.25) is 9.59 Å². The van der Waals surface area contributed by atoms with Gasteiger partial charge in [-0.05, 0) is 114 Å². The van der Waals surface area contributed by atoms with E-state index in [1.165, 1.54) is 61.7 Å². The molecule has 96 heavy (non-hydrogen) atoms. The SMILES string of the molecule is COC(=O)C1(CCOOO)C[C@@H](O)C(O)[C@H](O)C1.COC(=O)Oc1ccc(/C=C/C(=O)O[C@@H]2[C@H](OC(=O)/C=C/c3ccc(CCOOO)c(CCOOO)c3)C[C@@](CCOOO)(C(=O)OC)C[C@H]2OC(=O)/C=C/c2ccc(OC(=O)OC)c(OC(=O)OC)c2)cc1CCOOO. The highest BCUT2D eigenvalue weighted by Crippen LogP contribution is 2.45. The Labute approximate surface area is 544 Å². The summed E-state index contributed by atoms with van der Waals surface area (Å²) in [6.07, 6.45) is -6.35. The molecular formula is C59H72O37. The van der Waals surface area contributed by atoms with Crippen molar-refractivity contribution in [3.05, 3.63) is 106 Å². The minimum Gasteiger partial charge on any atom is -0.469 e. The minimum atomic E-state index is -1.78. The van der Waals surface area contributed by atoms with Crippen LogP contribution in [0.1, 0.15) is 71.9 Å². The molecule has 2 aliphatic carbocycles. The third kappa shape index (κ3) is 25.5. The molecule has 0 amide bonds. The number of aliphatic hydroxyl groups is 3. The van der Waals surface area contributed by atoms with Crippen molar-refractivity contribution in [2.75, 3.05) is 68.6 Å². The molecule has 0 unspecified atom stereocenters. The molecule has 0 saturated heterocycles. The van der Waals surface area contributed by atoms with Gasteiger partial charge in [-0.1, -0.05) is 55.5 Å². The number of benzene rings is 3. The third-order valence-electron chi connectivity index (χ3n) is 14.5. The number of hydrogen-bond donors (Lipinski definition) is 8. The first kappa shape index (κ1) is 79.8. The number of ether oxygens (including phenoxy) is 11. The van der Waals surface area contributed by atoms with Crippen LogP contribution in [0.15, 0.2) is 72.8 Å². The van der Waals surface area contributed by atoms with Crippen molar-refractivity contribution in [2.45, 2.75) is 94.4 Å². The zero-order valence-electron chi connectivity index (χ0n) is 51.9. The van der Waals surface area contributed by atoms with E-state index < -0.39 is 115 Å². The molecule has 0 spiro atoms. The largest absolute Gasteiger partial charge is 0.513 e. The Hall–Kier alpha value is -8.68. The van der Waals surface area contributed by atoms with Gasteiger partial charge in [-0.25, -0.2) is 79.5 Å². The predicted molar refractivity (Wildman–Crippen MR) is 309 cm³/mol. The van der Waals surface area contributed by atoms with E-state index in [2.05, 4.69) is 68.6 Å². The molecule has 6 atom stereocenters. The maximum absolute atomic E-state index is 13.9. The van der Waals surface area contributed by atoms with Crippen molar-refractivity contribution in [3.8, 4) is 17.2 Å². The first-order valence-electron chi connectivity index (χ1n) is 28.3. The van der Waals surface area contributed by atoms with Crippen LogP contribution in [0.2, 0.25) is 0 Å². The fourth-order valence-electron chi connectivity index (χ4n) is 10.0. The number of esters is 5. The van der Waals surface area contributed by atoms with Crippen LogP contribution < -0.4 is 14.2 Å². The summed E-state index contributed by atoms with van der Waals surface area (Å²) in [5, 5.41) is 89.9. The van der Waals surface area contributed by atoms with Gasteiger partial charge in [0.2, 0.25) is 0 Å². The van der Waals surface area contributed by atoms with E-state index in [9.17, 15) is 53.7 Å². The molecule has 0 aliphatic heterocycles. The van der Waals surface area contributed by atoms with Crippen LogP contribution in [0.25, 0.3) is 18.2 Å². The molecule has 2 fully saturated rings. The lowest BCUT2D eigenvalue weighted by atomic mass is 9.68. The van der Waals surface area contributed by atoms with Crippen molar-refractivity contribution in [1.82, 2.24) is 0 Å². The molecule has 2 saturated carbocycles. The summed E-state index contributed by atoms with van der Waals surface area (Å²) >= 11 is 0. The second-order valence-electron chi connectivity index (χ2n) is 20.3. The molecule has 0 radical (unpaired) electrons. The Morgan fingerprint density at radius 2 is 0.781 bits per heavy atom. The molecule has 0 bridgehead atoms. The van der Waals surface area contributed by atoms with E-state index in [1.807, 2.05) is 0 Å². The lowest BCUT2D eigenvalue weighted by Gasteiger charge is -2.44. The average molecular weight is 1370 g/mol. The van der Waals surface area contributed by atoms with Gasteiger partial charge < -0.3 is 67.4 Å². The monoisotopic (exact) mass is 1370 g/mol. The van der Waals surface area contributed by atoms with Crippen LogP contribution in [0.3, 0.4) is 0 Å². The lowest BCUT2D eigenvalue weighted by molar-refractivity contribution is -0.491. The molecule has 2 aliphatic rings. The highest BCUT2D eigenvalue weighted by molar-refractivity contribution is 5.90. The maximum atomic E-state index is 13.9. The Bertz CT molecular complexity index is 3080. The van der Waals surface area contributed by atoms with Crippen molar-refractivity contribution < 1.29 is 182 Å². The van der Waals surface area contributed by atoms with Gasteiger partial charge in [0.15, 0.2) is 17.6 Å². The Morgan fingerprint density at radius 1 is 0.417 bits per heavy atom. The summed E-state index contributed by atoms with van der Waals surface area (Å²) in [4.78, 5) is 126. The fraction of sp³-hybridized carbons (Fsp3) is 0.458. The Kier molecular flexibility index (Phi) is 34.9. The normalized spacial score (nSPS) is 20.7. The zero-order valence-corrected chi connectivity index (χ0v) is 51.9. The first-order chi connectivity index (χ1) is 46.1. The van der Waals surface area contributed by atoms with Crippen molar-refractivity contribution in [3.63, 3.8) is 0 Å². The molecule has 37 nitrogen and oxygen atoms in total. The third-order valence-corrected chi connectivity index (χ3v) is 14.5. The van der Waals surface area contributed by atoms with Crippen LogP contribution in [-0.2, 0) is 131 Å². The molecule has 3 aromatic carbocycles. The summed E-state index contributed by atoms with van der Waals surface area (Å²) in [5.74, 6) is -5.42. The van der Waals surface area contributed by atoms with Crippen LogP contribution in [0.5, 0.6) is 17.2 Å². The lowest BCUT2D eigenvalue weighted by Crippen LogP contribution is -2.56. The smallest absolute Gasteiger partial charge is 0.469 e. The zero-order chi connectivity index (χ0) is 70.6. The first-order valence-corrected chi connectivity index (χ1v) is 28.3. The highest BCUT2D eigenvalue weighted by atomic mass is 17.5. The molecule has 37 heteroatoms. The second kappa shape index (κ2) is 42.0. The maximum Gasteiger partial charge on any atom is 0.513 e. The molecule has 0 heterocycles. The summed E-state index contributed by atoms with van der Waals surface area (Å²) in [7, 11) is 5.41. The topological polar surface area (TPSA) is 492 Å². The van der Waals surface area contributed by atoms with E-state index in [4.69, 9.17) is 59.4 Å². The molecule has 0 aromatic heterocycles. The molecular weight excluding hydrogens is 1300 g/mol. The molecule has 3 aromatic rings. The number of methoxy groups -OCH3 is 5. The number of hydrogen-bond acceptors (Lipinski definition) is 37. The summed E-state index contributed by atoms with van der Waals surface area (Å²) in [6, 6.07) is 13.0. The standard InChI is InChI=1S/C49H54O29.C10H18O8/c1-61-45(53)49(20-24-68-78-60)28-39(69-41(50)14-8-30-5-11-33(17-21-65-75-57)34(25-30)18-22-66-76-58)44(74-43(52)16-9-31-6-12-36(71-46(54)62-2)35(26-31)19-23-67-77-59)40(29-49)70-42(51)15-10-32-7-13-37(72-47(55)63-3)38(27-32)73-48(56)64-4;1-16-9(14)10(2-3-17-18-15)4-6(11)8(13)7(12)5-10/h5-16,25-27,39-40,44,57-60H,17-24,28-29H2,1-4H3;6-8,11-13,15H,2-5H2,1H3/b14-8+,15-10+,16-9+;/t39-,40-,44-,49-;6-,7-,8?,10?/m11/s1. The van der Waals surface area contributed by atoms with E-state index in [0.29, 0.717) is 27.8 Å². The van der Waals surface area contributed by atoms with E-state index in [1.54, 1.807) is 18.2 Å². The Balaban J connectivity index is 0.000000937. The molecule has 530 valence electrons. The van der Waals surface area contributed by atoms with E-state index >= 15 is 0 Å². The molecule has 5 rings (SSSR count). The Morgan fingerprint density at radius 3 is 1.23 bits per heavy atom. The fourth-order valence-corrected chi connectivity index (χ4v) is 10.0. The van der Waals surface area contributed by atoms with Crippen molar-refractivity contribution in [1.29, 1.82) is 0 Å². The van der Waals surface area contributed by atoms with Crippen LogP contribution >= 0.6 is 0 Å². The van der Waals surface area contributed by atoms with Crippen LogP contribution in [0, 0.1) is 10.8 Å². The quantitative estimate of drug-likeness (QED) is 0.00758. The summed E-state index contributed by atoms with van der Waals surface area (Å²) in [5.41, 5.74) is -0.369. The molecule has 8 N–H and O–H groups in total. The number of rotatable bonds is 34. The van der Waals surface area contributed by atoms with Gasteiger partial charge in [0.25, 0.3) is 0 Å². The van der Waals surface area contributed by atoms with Gasteiger partial charge in [-0.15, -0.1) is 0 Å². The van der Waals surface area contributed by atoms with Crippen molar-refractivity contribution in [2.24, 2.45) is 10.8 Å². The highest BCUT2D eigenvalue weighted by Gasteiger charge is 2.55. The van der Waals surface area contributed by atoms with Crippen molar-refractivity contribution >= 4 is 66.5 Å². The van der Waals surface area contributed by atoms with E-state index in [-0.39, 0.29) is 94.2 Å². The van der Waals surface area contributed by atoms with Crippen LogP contribution in [0.4, 0.5) is 14.4 Å². The second-order valence-corrected chi connectivity index (χ2v) is 20.3. The number of carbonyl (C=O) groups is 8. The number of aliphatic hydroxyl groups excluding tert-OH is 3. The van der Waals surface area contributed by atoms with Gasteiger partial charge in [0.1, 0.15) is 24.1 Å².